The Morgan fingerprint density at radius 3 is 2.28 bits per heavy atom. The summed E-state index contributed by atoms with van der Waals surface area (Å²) < 4.78 is 5.52. The zero-order valence-corrected chi connectivity index (χ0v) is 18.3. The molecule has 2 aliphatic rings. The molecule has 7 heteroatoms. The molecule has 0 bridgehead atoms. The molecule has 3 atom stereocenters. The van der Waals surface area contributed by atoms with E-state index in [-0.39, 0.29) is 18.4 Å². The summed E-state index contributed by atoms with van der Waals surface area (Å²) >= 11 is 0. The lowest BCUT2D eigenvalue weighted by Crippen LogP contribution is -2.55. The van der Waals surface area contributed by atoms with Crippen LogP contribution in [0.2, 0.25) is 0 Å². The number of fused-ring (bicyclic) bond motifs is 3. The Labute approximate surface area is 187 Å². The lowest BCUT2D eigenvalue weighted by atomic mass is 9.90. The van der Waals surface area contributed by atoms with E-state index in [9.17, 15) is 19.5 Å². The molecule has 0 radical (unpaired) electrons. The molecule has 7 nitrogen and oxygen atoms in total. The number of hydrogen-bond donors (Lipinski definition) is 2. The SMILES string of the molecule is C[C@H](NC(=O)OCC1c2ccccc2-c2ccccc21)C(=O)N1CCC[C@@H](C(=O)O)[C@H]1C. The highest BCUT2D eigenvalue weighted by molar-refractivity contribution is 5.86. The average molecular weight is 437 g/mol. The number of carbonyl (C=O) groups is 3. The number of nitrogens with one attached hydrogen (secondary N) is 1. The standard InChI is InChI=1S/C25H28N2O5/c1-15(23(28)27-13-7-12-17(16(27)2)24(29)30)26-25(31)32-14-22-20-10-5-3-8-18(20)19-9-4-6-11-21(19)22/h3-6,8-11,15-17,22H,7,12-14H2,1-2H3,(H,26,31)(H,29,30)/t15-,16+,17+/m0/s1. The number of rotatable bonds is 5. The molecule has 4 rings (SSSR count). The second-order valence-corrected chi connectivity index (χ2v) is 8.55. The number of benzene rings is 2. The fourth-order valence-corrected chi connectivity index (χ4v) is 4.91. The number of amides is 2. The van der Waals surface area contributed by atoms with Crippen LogP contribution in [0.25, 0.3) is 11.1 Å². The highest BCUT2D eigenvalue weighted by Crippen LogP contribution is 2.44. The second-order valence-electron chi connectivity index (χ2n) is 8.55. The Hall–Kier alpha value is -3.35. The van der Waals surface area contributed by atoms with Gasteiger partial charge in [0.1, 0.15) is 12.6 Å². The third-order valence-electron chi connectivity index (χ3n) is 6.64. The van der Waals surface area contributed by atoms with Gasteiger partial charge in [-0.2, -0.15) is 0 Å². The molecule has 1 saturated heterocycles. The molecule has 0 unspecified atom stereocenters. The minimum Gasteiger partial charge on any atom is -0.481 e. The molecule has 1 aliphatic heterocycles. The lowest BCUT2D eigenvalue weighted by molar-refractivity contribution is -0.149. The Morgan fingerprint density at radius 2 is 1.69 bits per heavy atom. The molecule has 2 aromatic rings. The number of hydrogen-bond acceptors (Lipinski definition) is 4. The maximum absolute atomic E-state index is 12.9. The van der Waals surface area contributed by atoms with Gasteiger partial charge in [-0.3, -0.25) is 9.59 Å². The van der Waals surface area contributed by atoms with Crippen molar-refractivity contribution in [1.29, 1.82) is 0 Å². The van der Waals surface area contributed by atoms with Crippen LogP contribution in [0.3, 0.4) is 0 Å². The first-order valence-electron chi connectivity index (χ1n) is 11.0. The number of carboxylic acid groups (broad SMARTS) is 1. The van der Waals surface area contributed by atoms with Crippen LogP contribution in [-0.4, -0.2) is 53.2 Å². The van der Waals surface area contributed by atoms with Gasteiger partial charge in [-0.25, -0.2) is 4.79 Å². The number of likely N-dealkylation sites (tertiary alicyclic amines) is 1. The summed E-state index contributed by atoms with van der Waals surface area (Å²) in [6.07, 6.45) is 0.520. The number of aliphatic carboxylic acids is 1. The topological polar surface area (TPSA) is 95.9 Å². The van der Waals surface area contributed by atoms with Gasteiger partial charge in [-0.15, -0.1) is 0 Å². The largest absolute Gasteiger partial charge is 0.481 e. The summed E-state index contributed by atoms with van der Waals surface area (Å²) in [4.78, 5) is 38.3. The van der Waals surface area contributed by atoms with Gasteiger partial charge < -0.3 is 20.1 Å². The summed E-state index contributed by atoms with van der Waals surface area (Å²) in [7, 11) is 0. The Bertz CT molecular complexity index is 991. The maximum Gasteiger partial charge on any atom is 0.407 e. The van der Waals surface area contributed by atoms with Crippen molar-refractivity contribution in [1.82, 2.24) is 10.2 Å². The monoisotopic (exact) mass is 436 g/mol. The van der Waals surface area contributed by atoms with E-state index in [0.29, 0.717) is 19.4 Å². The van der Waals surface area contributed by atoms with Crippen molar-refractivity contribution < 1.29 is 24.2 Å². The number of carboxylic acids is 1. The molecule has 2 N–H and O–H groups in total. The molecule has 0 saturated carbocycles. The van der Waals surface area contributed by atoms with Crippen molar-refractivity contribution in [3.63, 3.8) is 0 Å². The van der Waals surface area contributed by atoms with Crippen LogP contribution in [0.4, 0.5) is 4.79 Å². The number of ether oxygens (including phenoxy) is 1. The number of nitrogens with zero attached hydrogens (tertiary/aromatic N) is 1. The molecular formula is C25H28N2O5. The predicted octanol–water partition coefficient (Wildman–Crippen LogP) is 3.63. The fraction of sp³-hybridized carbons (Fsp3) is 0.400. The van der Waals surface area contributed by atoms with Crippen LogP contribution in [0, 0.1) is 5.92 Å². The highest BCUT2D eigenvalue weighted by atomic mass is 16.5. The normalized spacial score (nSPS) is 20.8. The van der Waals surface area contributed by atoms with Crippen molar-refractivity contribution >= 4 is 18.0 Å². The fourth-order valence-electron chi connectivity index (χ4n) is 4.91. The van der Waals surface area contributed by atoms with Crippen molar-refractivity contribution in [2.24, 2.45) is 5.92 Å². The first kappa shape index (κ1) is 21.9. The zero-order valence-electron chi connectivity index (χ0n) is 18.3. The molecule has 168 valence electrons. The van der Waals surface area contributed by atoms with Crippen LogP contribution >= 0.6 is 0 Å². The van der Waals surface area contributed by atoms with Crippen molar-refractivity contribution in [3.05, 3.63) is 59.7 Å². The summed E-state index contributed by atoms with van der Waals surface area (Å²) in [5.41, 5.74) is 4.53. The molecule has 2 amide bonds. The van der Waals surface area contributed by atoms with E-state index in [1.807, 2.05) is 36.4 Å². The van der Waals surface area contributed by atoms with E-state index < -0.39 is 30.1 Å². The zero-order chi connectivity index (χ0) is 22.8. The van der Waals surface area contributed by atoms with E-state index in [0.717, 1.165) is 22.3 Å². The molecule has 1 aliphatic carbocycles. The number of alkyl carbamates (subject to hydrolysis) is 1. The Kier molecular flexibility index (Phi) is 6.17. The summed E-state index contributed by atoms with van der Waals surface area (Å²) in [5, 5.41) is 12.0. The van der Waals surface area contributed by atoms with Gasteiger partial charge in [0.15, 0.2) is 0 Å². The summed E-state index contributed by atoms with van der Waals surface area (Å²) in [5.74, 6) is -1.84. The predicted molar refractivity (Wildman–Crippen MR) is 119 cm³/mol. The van der Waals surface area contributed by atoms with Crippen molar-refractivity contribution in [3.8, 4) is 11.1 Å². The number of piperidine rings is 1. The van der Waals surface area contributed by atoms with E-state index >= 15 is 0 Å². The third-order valence-corrected chi connectivity index (χ3v) is 6.64. The third kappa shape index (κ3) is 4.07. The minimum absolute atomic E-state index is 0.0578. The lowest BCUT2D eigenvalue weighted by Gasteiger charge is -2.38. The molecule has 1 heterocycles. The van der Waals surface area contributed by atoms with Crippen LogP contribution in [0.5, 0.6) is 0 Å². The van der Waals surface area contributed by atoms with Gasteiger partial charge in [-0.05, 0) is 48.9 Å². The van der Waals surface area contributed by atoms with Crippen LogP contribution in [0.15, 0.2) is 48.5 Å². The first-order chi connectivity index (χ1) is 15.4. The van der Waals surface area contributed by atoms with E-state index in [1.165, 1.54) is 0 Å². The smallest absolute Gasteiger partial charge is 0.407 e. The van der Waals surface area contributed by atoms with Gasteiger partial charge in [0, 0.05) is 18.5 Å². The van der Waals surface area contributed by atoms with Gasteiger partial charge in [0.2, 0.25) is 5.91 Å². The average Bonchev–Trinajstić information content (AvgIpc) is 3.11. The Balaban J connectivity index is 1.37. The molecule has 2 aromatic carbocycles. The molecule has 0 spiro atoms. The quantitative estimate of drug-likeness (QED) is 0.746. The summed E-state index contributed by atoms with van der Waals surface area (Å²) in [6, 6.07) is 14.9. The summed E-state index contributed by atoms with van der Waals surface area (Å²) in [6.45, 7) is 4.00. The highest BCUT2D eigenvalue weighted by Gasteiger charge is 2.37. The Morgan fingerprint density at radius 1 is 1.09 bits per heavy atom. The molecule has 1 fully saturated rings. The van der Waals surface area contributed by atoms with Gasteiger partial charge in [-0.1, -0.05) is 48.5 Å². The van der Waals surface area contributed by atoms with Crippen LogP contribution in [0.1, 0.15) is 43.7 Å². The van der Waals surface area contributed by atoms with Gasteiger partial charge in [0.05, 0.1) is 5.92 Å². The van der Waals surface area contributed by atoms with E-state index in [4.69, 9.17) is 4.74 Å². The first-order valence-corrected chi connectivity index (χ1v) is 11.0. The second kappa shape index (κ2) is 9.02. The van der Waals surface area contributed by atoms with E-state index in [1.54, 1.807) is 18.7 Å². The minimum atomic E-state index is -0.896. The van der Waals surface area contributed by atoms with E-state index in [2.05, 4.69) is 17.4 Å². The van der Waals surface area contributed by atoms with Crippen LogP contribution in [-0.2, 0) is 14.3 Å². The maximum atomic E-state index is 12.9. The van der Waals surface area contributed by atoms with Crippen molar-refractivity contribution in [2.75, 3.05) is 13.2 Å². The van der Waals surface area contributed by atoms with Gasteiger partial charge in [0.25, 0.3) is 0 Å². The number of carbonyl (C=O) groups excluding carboxylic acids is 2. The molecule has 0 aromatic heterocycles. The molecule has 32 heavy (non-hydrogen) atoms. The van der Waals surface area contributed by atoms with Crippen LogP contribution < -0.4 is 5.32 Å². The van der Waals surface area contributed by atoms with Crippen molar-refractivity contribution in [2.45, 2.75) is 44.7 Å². The molecular weight excluding hydrogens is 408 g/mol. The van der Waals surface area contributed by atoms with Gasteiger partial charge >= 0.3 is 12.1 Å².